The standard InChI is InChI=1S/C12H26O/c1-5-7-8-9-10-12(4)13-11(3)6-2/h11-12H,5-10H2,1-4H3. The van der Waals surface area contributed by atoms with Crippen molar-refractivity contribution >= 4 is 0 Å². The molecule has 0 rings (SSSR count). The fraction of sp³-hybridized carbons (Fsp3) is 1.00. The molecule has 0 heterocycles. The van der Waals surface area contributed by atoms with E-state index < -0.39 is 0 Å². The van der Waals surface area contributed by atoms with Crippen LogP contribution in [0.3, 0.4) is 0 Å². The molecule has 2 atom stereocenters. The maximum atomic E-state index is 5.78. The minimum atomic E-state index is 0.432. The van der Waals surface area contributed by atoms with E-state index in [1.165, 1.54) is 32.1 Å². The molecule has 2 unspecified atom stereocenters. The SMILES string of the molecule is CCCCCCC(C)OC(C)CC. The normalized spacial score (nSPS) is 15.7. The average molecular weight is 186 g/mol. The molecule has 0 aromatic carbocycles. The van der Waals surface area contributed by atoms with Gasteiger partial charge in [-0.1, -0.05) is 39.5 Å². The predicted octanol–water partition coefficient (Wildman–Crippen LogP) is 4.16. The van der Waals surface area contributed by atoms with Crippen molar-refractivity contribution < 1.29 is 4.74 Å². The lowest BCUT2D eigenvalue weighted by Gasteiger charge is -2.17. The molecule has 0 spiro atoms. The van der Waals surface area contributed by atoms with Gasteiger partial charge < -0.3 is 4.74 Å². The van der Waals surface area contributed by atoms with E-state index in [0.717, 1.165) is 6.42 Å². The van der Waals surface area contributed by atoms with E-state index in [1.807, 2.05) is 0 Å². The van der Waals surface area contributed by atoms with Crippen LogP contribution in [0.1, 0.15) is 66.2 Å². The van der Waals surface area contributed by atoms with Crippen LogP contribution in [0.5, 0.6) is 0 Å². The molecule has 80 valence electrons. The lowest BCUT2D eigenvalue weighted by Crippen LogP contribution is -2.16. The molecule has 0 aromatic rings. The fourth-order valence-electron chi connectivity index (χ4n) is 1.42. The third kappa shape index (κ3) is 8.29. The molecule has 0 aromatic heterocycles. The Bertz CT molecular complexity index is 101. The summed E-state index contributed by atoms with van der Waals surface area (Å²) >= 11 is 0. The number of hydrogen-bond acceptors (Lipinski definition) is 1. The molecule has 13 heavy (non-hydrogen) atoms. The van der Waals surface area contributed by atoms with Crippen LogP contribution in [0.2, 0.25) is 0 Å². The summed E-state index contributed by atoms with van der Waals surface area (Å²) in [4.78, 5) is 0. The minimum Gasteiger partial charge on any atom is -0.376 e. The van der Waals surface area contributed by atoms with Crippen molar-refractivity contribution in [3.8, 4) is 0 Å². The largest absolute Gasteiger partial charge is 0.376 e. The van der Waals surface area contributed by atoms with Crippen molar-refractivity contribution in [2.45, 2.75) is 78.4 Å². The third-order valence-electron chi connectivity index (χ3n) is 2.50. The Labute approximate surface area is 83.9 Å². The second-order valence-corrected chi connectivity index (χ2v) is 4.01. The van der Waals surface area contributed by atoms with E-state index >= 15 is 0 Å². The Morgan fingerprint density at radius 3 is 2.15 bits per heavy atom. The summed E-state index contributed by atoms with van der Waals surface area (Å²) in [5, 5.41) is 0. The van der Waals surface area contributed by atoms with Crippen molar-refractivity contribution in [1.82, 2.24) is 0 Å². The van der Waals surface area contributed by atoms with Gasteiger partial charge in [0.05, 0.1) is 12.2 Å². The third-order valence-corrected chi connectivity index (χ3v) is 2.50. The molecule has 0 amide bonds. The first-order valence-electron chi connectivity index (χ1n) is 5.86. The predicted molar refractivity (Wildman–Crippen MR) is 59.1 cm³/mol. The molecule has 0 aliphatic heterocycles. The van der Waals surface area contributed by atoms with Gasteiger partial charge in [-0.3, -0.25) is 0 Å². The summed E-state index contributed by atoms with van der Waals surface area (Å²) in [6.45, 7) is 8.77. The second kappa shape index (κ2) is 8.55. The molecule has 0 aliphatic rings. The lowest BCUT2D eigenvalue weighted by atomic mass is 10.1. The van der Waals surface area contributed by atoms with Gasteiger partial charge in [-0.25, -0.2) is 0 Å². The Kier molecular flexibility index (Phi) is 8.53. The van der Waals surface area contributed by atoms with Crippen LogP contribution >= 0.6 is 0 Å². The van der Waals surface area contributed by atoms with Crippen molar-refractivity contribution in [3.63, 3.8) is 0 Å². The highest BCUT2D eigenvalue weighted by molar-refractivity contribution is 4.54. The highest BCUT2D eigenvalue weighted by Crippen LogP contribution is 2.10. The van der Waals surface area contributed by atoms with E-state index in [-0.39, 0.29) is 0 Å². The Balaban J connectivity index is 3.24. The topological polar surface area (TPSA) is 9.23 Å². The van der Waals surface area contributed by atoms with Gasteiger partial charge in [0.1, 0.15) is 0 Å². The highest BCUT2D eigenvalue weighted by atomic mass is 16.5. The summed E-state index contributed by atoms with van der Waals surface area (Å²) in [5.41, 5.74) is 0. The summed E-state index contributed by atoms with van der Waals surface area (Å²) in [6.07, 6.45) is 8.61. The second-order valence-electron chi connectivity index (χ2n) is 4.01. The first-order valence-corrected chi connectivity index (χ1v) is 5.86. The van der Waals surface area contributed by atoms with Crippen LogP contribution < -0.4 is 0 Å². The maximum absolute atomic E-state index is 5.78. The molecular formula is C12H26O. The van der Waals surface area contributed by atoms with Crippen molar-refractivity contribution in [3.05, 3.63) is 0 Å². The van der Waals surface area contributed by atoms with Crippen molar-refractivity contribution in [1.29, 1.82) is 0 Å². The average Bonchev–Trinajstić information content (AvgIpc) is 2.12. The van der Waals surface area contributed by atoms with E-state index in [2.05, 4.69) is 27.7 Å². The zero-order chi connectivity index (χ0) is 10.1. The maximum Gasteiger partial charge on any atom is 0.0550 e. The van der Waals surface area contributed by atoms with Crippen LogP contribution in [0.4, 0.5) is 0 Å². The summed E-state index contributed by atoms with van der Waals surface area (Å²) in [5.74, 6) is 0. The quantitative estimate of drug-likeness (QED) is 0.517. The molecule has 1 heteroatoms. The minimum absolute atomic E-state index is 0.432. The van der Waals surface area contributed by atoms with Gasteiger partial charge in [0.2, 0.25) is 0 Å². The Hall–Kier alpha value is -0.0400. The number of unbranched alkanes of at least 4 members (excludes halogenated alkanes) is 3. The first-order chi connectivity index (χ1) is 6.20. The molecule has 0 bridgehead atoms. The van der Waals surface area contributed by atoms with E-state index in [1.54, 1.807) is 0 Å². The highest BCUT2D eigenvalue weighted by Gasteiger charge is 2.05. The molecule has 0 aliphatic carbocycles. The molecule has 0 radical (unpaired) electrons. The molecule has 1 nitrogen and oxygen atoms in total. The van der Waals surface area contributed by atoms with Gasteiger partial charge in [-0.15, -0.1) is 0 Å². The number of ether oxygens (including phenoxy) is 1. The number of hydrogen-bond donors (Lipinski definition) is 0. The summed E-state index contributed by atoms with van der Waals surface area (Å²) in [7, 11) is 0. The van der Waals surface area contributed by atoms with Crippen LogP contribution in [-0.4, -0.2) is 12.2 Å². The van der Waals surface area contributed by atoms with Crippen LogP contribution in [0.15, 0.2) is 0 Å². The molecule has 0 N–H and O–H groups in total. The van der Waals surface area contributed by atoms with E-state index in [9.17, 15) is 0 Å². The lowest BCUT2D eigenvalue weighted by molar-refractivity contribution is 0.00136. The summed E-state index contributed by atoms with van der Waals surface area (Å²) in [6, 6.07) is 0. The first kappa shape index (κ1) is 13.0. The molecular weight excluding hydrogens is 160 g/mol. The fourth-order valence-corrected chi connectivity index (χ4v) is 1.42. The van der Waals surface area contributed by atoms with E-state index in [0.29, 0.717) is 12.2 Å². The zero-order valence-electron chi connectivity index (χ0n) is 9.81. The van der Waals surface area contributed by atoms with Gasteiger partial charge in [0, 0.05) is 0 Å². The van der Waals surface area contributed by atoms with Gasteiger partial charge in [-0.2, -0.15) is 0 Å². The molecule has 0 fully saturated rings. The summed E-state index contributed by atoms with van der Waals surface area (Å²) < 4.78 is 5.78. The van der Waals surface area contributed by atoms with Crippen molar-refractivity contribution in [2.24, 2.45) is 0 Å². The van der Waals surface area contributed by atoms with Crippen LogP contribution in [0.25, 0.3) is 0 Å². The smallest absolute Gasteiger partial charge is 0.0550 e. The van der Waals surface area contributed by atoms with Crippen molar-refractivity contribution in [2.75, 3.05) is 0 Å². The zero-order valence-corrected chi connectivity index (χ0v) is 9.81. The molecule has 0 saturated carbocycles. The Morgan fingerprint density at radius 1 is 0.923 bits per heavy atom. The van der Waals surface area contributed by atoms with Crippen LogP contribution in [-0.2, 0) is 4.74 Å². The number of rotatable bonds is 8. The van der Waals surface area contributed by atoms with E-state index in [4.69, 9.17) is 4.74 Å². The Morgan fingerprint density at radius 2 is 1.62 bits per heavy atom. The monoisotopic (exact) mass is 186 g/mol. The van der Waals surface area contributed by atoms with Gasteiger partial charge in [0.25, 0.3) is 0 Å². The van der Waals surface area contributed by atoms with Gasteiger partial charge in [0.15, 0.2) is 0 Å². The van der Waals surface area contributed by atoms with Gasteiger partial charge >= 0.3 is 0 Å². The van der Waals surface area contributed by atoms with Crippen LogP contribution in [0, 0.1) is 0 Å². The van der Waals surface area contributed by atoms with Gasteiger partial charge in [-0.05, 0) is 26.7 Å². The molecule has 0 saturated heterocycles.